The molecule has 0 aliphatic heterocycles. The average molecular weight is 258 g/mol. The molecular formula is C6H6N6O4S. The number of rotatable bonds is 2. The molecule has 0 spiro atoms. The maximum atomic E-state index is 11.3. The van der Waals surface area contributed by atoms with Crippen molar-refractivity contribution in [1.29, 1.82) is 5.41 Å². The van der Waals surface area contributed by atoms with Gasteiger partial charge in [-0.05, 0) is 12.2 Å². The van der Waals surface area contributed by atoms with Crippen molar-refractivity contribution >= 4 is 24.4 Å². The summed E-state index contributed by atoms with van der Waals surface area (Å²) in [7, 11) is 0. The molecule has 90 valence electrons. The lowest BCUT2D eigenvalue weighted by molar-refractivity contribution is -0.525. The van der Waals surface area contributed by atoms with Gasteiger partial charge in [0.1, 0.15) is 5.56 Å². The zero-order valence-corrected chi connectivity index (χ0v) is 8.87. The fourth-order valence-electron chi connectivity index (χ4n) is 0.848. The number of guanidine groups is 1. The summed E-state index contributed by atoms with van der Waals surface area (Å²) in [6.45, 7) is 0. The summed E-state index contributed by atoms with van der Waals surface area (Å²) in [5, 5.41) is 25.2. The first-order valence-corrected chi connectivity index (χ1v) is 4.40. The first-order valence-electron chi connectivity index (χ1n) is 3.99. The molecule has 0 saturated carbocycles. The van der Waals surface area contributed by atoms with Gasteiger partial charge in [0.05, 0.1) is 0 Å². The summed E-state index contributed by atoms with van der Waals surface area (Å²) in [4.78, 5) is 28.9. The third kappa shape index (κ3) is 3.49. The van der Waals surface area contributed by atoms with Gasteiger partial charge in [0, 0.05) is 6.21 Å². The molecular weight excluding hydrogens is 252 g/mol. The third-order valence-electron chi connectivity index (χ3n) is 1.48. The van der Waals surface area contributed by atoms with Crippen molar-refractivity contribution in [2.45, 2.75) is 0 Å². The van der Waals surface area contributed by atoms with Crippen LogP contribution in [0.2, 0.25) is 0 Å². The highest BCUT2D eigenvalue weighted by molar-refractivity contribution is 7.71. The molecule has 0 fully saturated rings. The Morgan fingerprint density at radius 2 is 2.29 bits per heavy atom. The van der Waals surface area contributed by atoms with Gasteiger partial charge < -0.3 is 10.1 Å². The van der Waals surface area contributed by atoms with Crippen LogP contribution in [0.4, 0.5) is 0 Å². The molecule has 0 aliphatic carbocycles. The van der Waals surface area contributed by atoms with Crippen LogP contribution in [0.25, 0.3) is 0 Å². The Labute approximate surface area is 97.7 Å². The summed E-state index contributed by atoms with van der Waals surface area (Å²) in [5.74, 6) is -1.34. The SMILES string of the molecule is N=C(N=Cc1c(O)[nH]c(=S)[nH]c1=O)N[N+](=O)[O-]. The quantitative estimate of drug-likeness (QED) is 0.154. The molecule has 0 saturated heterocycles. The van der Waals surface area contributed by atoms with Gasteiger partial charge in [-0.3, -0.25) is 15.2 Å². The van der Waals surface area contributed by atoms with E-state index in [1.807, 2.05) is 0 Å². The standard InChI is InChI=1S/C6H6N6O4S/c7-5(11-12(15)16)8-1-2-3(13)9-6(17)10-4(2)14/h1H,(H2,7,11)(H3,9,10,13,14,17). The molecule has 5 N–H and O–H groups in total. The third-order valence-corrected chi connectivity index (χ3v) is 1.68. The molecule has 1 heterocycles. The molecule has 0 aromatic carbocycles. The Kier molecular flexibility index (Phi) is 3.66. The Morgan fingerprint density at radius 1 is 1.65 bits per heavy atom. The second-order valence-corrected chi connectivity index (χ2v) is 3.05. The van der Waals surface area contributed by atoms with Crippen LogP contribution in [0.15, 0.2) is 9.79 Å². The fourth-order valence-corrected chi connectivity index (χ4v) is 1.04. The number of nitrogens with one attached hydrogen (secondary N) is 4. The van der Waals surface area contributed by atoms with Crippen molar-refractivity contribution < 1.29 is 10.1 Å². The van der Waals surface area contributed by atoms with Crippen LogP contribution >= 0.6 is 12.2 Å². The number of hydrogen-bond acceptors (Lipinski definition) is 6. The second-order valence-electron chi connectivity index (χ2n) is 2.65. The number of hydrogen-bond donors (Lipinski definition) is 5. The van der Waals surface area contributed by atoms with Crippen molar-refractivity contribution in [2.24, 2.45) is 4.99 Å². The van der Waals surface area contributed by atoms with Crippen LogP contribution in [-0.4, -0.2) is 32.3 Å². The molecule has 1 aromatic rings. The summed E-state index contributed by atoms with van der Waals surface area (Å²) < 4.78 is -0.0804. The van der Waals surface area contributed by atoms with Crippen LogP contribution in [0.3, 0.4) is 0 Å². The lowest BCUT2D eigenvalue weighted by atomic mass is 10.3. The van der Waals surface area contributed by atoms with Crippen LogP contribution in [0.5, 0.6) is 5.88 Å². The van der Waals surface area contributed by atoms with E-state index in [9.17, 15) is 20.0 Å². The molecule has 0 unspecified atom stereocenters. The number of aromatic amines is 2. The van der Waals surface area contributed by atoms with E-state index in [2.05, 4.69) is 27.2 Å². The van der Waals surface area contributed by atoms with E-state index in [1.165, 1.54) is 5.43 Å². The smallest absolute Gasteiger partial charge is 0.277 e. The molecule has 0 radical (unpaired) electrons. The van der Waals surface area contributed by atoms with Crippen LogP contribution in [0, 0.1) is 20.3 Å². The van der Waals surface area contributed by atoms with Crippen molar-refractivity contribution in [1.82, 2.24) is 15.4 Å². The molecule has 10 nitrogen and oxygen atoms in total. The molecule has 0 bridgehead atoms. The van der Waals surface area contributed by atoms with Crippen LogP contribution in [0.1, 0.15) is 5.56 Å². The van der Waals surface area contributed by atoms with Crippen molar-refractivity contribution in [2.75, 3.05) is 0 Å². The second kappa shape index (κ2) is 4.98. The van der Waals surface area contributed by atoms with E-state index in [-0.39, 0.29) is 10.3 Å². The van der Waals surface area contributed by atoms with Crippen molar-refractivity contribution in [3.8, 4) is 5.88 Å². The summed E-state index contributed by atoms with van der Waals surface area (Å²) in [6.07, 6.45) is 0.790. The Balaban J connectivity index is 3.00. The highest BCUT2D eigenvalue weighted by atomic mass is 32.1. The predicted octanol–water partition coefficient (Wildman–Crippen LogP) is -0.727. The minimum absolute atomic E-state index is 0.0804. The van der Waals surface area contributed by atoms with E-state index in [4.69, 9.17) is 5.41 Å². The number of hydrazine groups is 1. The lowest BCUT2D eigenvalue weighted by Crippen LogP contribution is -2.27. The van der Waals surface area contributed by atoms with Gasteiger partial charge in [0.15, 0.2) is 9.80 Å². The molecule has 0 aliphatic rings. The highest BCUT2D eigenvalue weighted by Gasteiger charge is 2.05. The van der Waals surface area contributed by atoms with Crippen molar-refractivity contribution in [3.05, 3.63) is 30.8 Å². The first-order chi connectivity index (χ1) is 7.90. The summed E-state index contributed by atoms with van der Waals surface area (Å²) in [6, 6.07) is 0. The molecule has 0 amide bonds. The van der Waals surface area contributed by atoms with E-state index < -0.39 is 22.4 Å². The predicted molar refractivity (Wildman–Crippen MR) is 59.4 cm³/mol. The number of nitro groups is 1. The zero-order valence-electron chi connectivity index (χ0n) is 8.05. The Bertz CT molecular complexity index is 601. The number of aromatic hydroxyl groups is 1. The first kappa shape index (κ1) is 12.5. The van der Waals surface area contributed by atoms with Gasteiger partial charge in [-0.1, -0.05) is 5.43 Å². The maximum absolute atomic E-state index is 11.3. The van der Waals surface area contributed by atoms with Gasteiger partial charge in [0.25, 0.3) is 11.5 Å². The van der Waals surface area contributed by atoms with E-state index >= 15 is 0 Å². The number of aliphatic imine (C=N–C) groups is 1. The Hall–Kier alpha value is -2.56. The van der Waals surface area contributed by atoms with Crippen LogP contribution in [-0.2, 0) is 0 Å². The average Bonchev–Trinajstić information content (AvgIpc) is 2.14. The van der Waals surface area contributed by atoms with Gasteiger partial charge in [0.2, 0.25) is 5.88 Å². The summed E-state index contributed by atoms with van der Waals surface area (Å²) in [5.41, 5.74) is 0.416. The number of H-pyrrole nitrogens is 2. The topological polar surface area (TPSA) is 160 Å². The van der Waals surface area contributed by atoms with Gasteiger partial charge in [-0.2, -0.15) is 0 Å². The number of aromatic nitrogens is 2. The minimum atomic E-state index is -0.984. The summed E-state index contributed by atoms with van der Waals surface area (Å²) >= 11 is 4.58. The molecule has 1 rings (SSSR count). The van der Waals surface area contributed by atoms with E-state index in [1.54, 1.807) is 0 Å². The van der Waals surface area contributed by atoms with Crippen molar-refractivity contribution in [3.63, 3.8) is 0 Å². The largest absolute Gasteiger partial charge is 0.494 e. The van der Waals surface area contributed by atoms with Gasteiger partial charge in [-0.15, -0.1) is 0 Å². The zero-order chi connectivity index (χ0) is 13.0. The molecule has 0 atom stereocenters. The Morgan fingerprint density at radius 3 is 2.82 bits per heavy atom. The highest BCUT2D eigenvalue weighted by Crippen LogP contribution is 2.03. The minimum Gasteiger partial charge on any atom is -0.494 e. The van der Waals surface area contributed by atoms with Gasteiger partial charge >= 0.3 is 0 Å². The van der Waals surface area contributed by atoms with Crippen LogP contribution < -0.4 is 11.0 Å². The molecule has 1 aromatic heterocycles. The molecule has 11 heteroatoms. The van der Waals surface area contributed by atoms with Gasteiger partial charge in [-0.25, -0.2) is 15.1 Å². The maximum Gasteiger partial charge on any atom is 0.277 e. The lowest BCUT2D eigenvalue weighted by Gasteiger charge is -1.96. The number of nitrogens with zero attached hydrogens (tertiary/aromatic N) is 2. The van der Waals surface area contributed by atoms with E-state index in [0.717, 1.165) is 6.21 Å². The van der Waals surface area contributed by atoms with E-state index in [0.29, 0.717) is 0 Å². The molecule has 17 heavy (non-hydrogen) atoms. The normalized spacial score (nSPS) is 10.4. The fraction of sp³-hybridized carbons (Fsp3) is 0. The monoisotopic (exact) mass is 258 g/mol.